The Bertz CT molecular complexity index is 1020. The lowest BCUT2D eigenvalue weighted by Crippen LogP contribution is -2.36. The van der Waals surface area contributed by atoms with Crippen molar-refractivity contribution >= 4 is 28.8 Å². The number of nitrogens with one attached hydrogen (secondary N) is 2. The van der Waals surface area contributed by atoms with Crippen LogP contribution in [0.3, 0.4) is 0 Å². The largest absolute Gasteiger partial charge is 0.347 e. The molecule has 0 bridgehead atoms. The Morgan fingerprint density at radius 3 is 2.21 bits per heavy atom. The first-order valence-electron chi connectivity index (χ1n) is 9.52. The molecule has 0 saturated heterocycles. The van der Waals surface area contributed by atoms with Gasteiger partial charge in [-0.1, -0.05) is 35.9 Å². The molecule has 5 nitrogen and oxygen atoms in total. The summed E-state index contributed by atoms with van der Waals surface area (Å²) in [5, 5.41) is 6.31. The van der Waals surface area contributed by atoms with Crippen LogP contribution < -0.4 is 10.6 Å². The average molecular weight is 408 g/mol. The van der Waals surface area contributed by atoms with Crippen molar-refractivity contribution in [1.82, 2.24) is 10.3 Å². The highest BCUT2D eigenvalue weighted by Gasteiger charge is 2.15. The first-order valence-corrected chi connectivity index (χ1v) is 10.3. The summed E-state index contributed by atoms with van der Waals surface area (Å²) in [6, 6.07) is 14.0. The number of nitrogens with zero attached hydrogens (tertiary/aromatic N) is 1. The maximum absolute atomic E-state index is 12.1. The minimum Gasteiger partial charge on any atom is -0.347 e. The molecule has 0 atom stereocenters. The normalized spacial score (nSPS) is 10.6. The molecule has 0 saturated carbocycles. The minimum atomic E-state index is -0.656. The molecular weight excluding hydrogens is 382 g/mol. The lowest BCUT2D eigenvalue weighted by molar-refractivity contribution is -0.136. The molecule has 1 heterocycles. The molecule has 29 heavy (non-hydrogen) atoms. The Kier molecular flexibility index (Phi) is 6.44. The van der Waals surface area contributed by atoms with E-state index in [1.807, 2.05) is 39.0 Å². The first-order chi connectivity index (χ1) is 13.8. The predicted octanol–water partition coefficient (Wildman–Crippen LogP) is 4.34. The van der Waals surface area contributed by atoms with Gasteiger partial charge in [-0.05, 0) is 51.0 Å². The van der Waals surface area contributed by atoms with Crippen LogP contribution in [-0.4, -0.2) is 23.3 Å². The van der Waals surface area contributed by atoms with Crippen molar-refractivity contribution in [3.05, 3.63) is 69.7 Å². The van der Waals surface area contributed by atoms with Gasteiger partial charge in [0.15, 0.2) is 0 Å². The summed E-state index contributed by atoms with van der Waals surface area (Å²) in [6.45, 7) is 8.31. The van der Waals surface area contributed by atoms with Gasteiger partial charge in [0, 0.05) is 29.1 Å². The number of carbonyl (C=O) groups is 2. The lowest BCUT2D eigenvalue weighted by atomic mass is 10.1. The van der Waals surface area contributed by atoms with Gasteiger partial charge in [0.1, 0.15) is 5.01 Å². The van der Waals surface area contributed by atoms with Gasteiger partial charge in [-0.25, -0.2) is 4.98 Å². The van der Waals surface area contributed by atoms with Crippen LogP contribution in [0, 0.1) is 27.7 Å². The molecule has 0 spiro atoms. The van der Waals surface area contributed by atoms with Gasteiger partial charge in [-0.3, -0.25) is 9.59 Å². The average Bonchev–Trinajstić information content (AvgIpc) is 3.02. The van der Waals surface area contributed by atoms with Gasteiger partial charge in [0.05, 0.1) is 5.69 Å². The number of hydrogen-bond acceptors (Lipinski definition) is 4. The van der Waals surface area contributed by atoms with E-state index >= 15 is 0 Å². The fourth-order valence-electron chi connectivity index (χ4n) is 3.08. The Balaban J connectivity index is 1.54. The number of aromatic nitrogens is 1. The molecule has 3 aromatic rings. The maximum Gasteiger partial charge on any atom is 0.313 e. The minimum absolute atomic E-state index is 0.384. The van der Waals surface area contributed by atoms with Crippen LogP contribution in [0.15, 0.2) is 42.5 Å². The highest BCUT2D eigenvalue weighted by molar-refractivity contribution is 7.15. The van der Waals surface area contributed by atoms with Crippen LogP contribution in [-0.2, 0) is 16.0 Å². The second kappa shape index (κ2) is 9.01. The Hall–Kier alpha value is -2.99. The Morgan fingerprint density at radius 1 is 0.897 bits per heavy atom. The fraction of sp³-hybridized carbons (Fsp3) is 0.261. The summed E-state index contributed by atoms with van der Waals surface area (Å²) < 4.78 is 0. The van der Waals surface area contributed by atoms with E-state index in [0.717, 1.165) is 32.3 Å². The zero-order valence-electron chi connectivity index (χ0n) is 17.1. The molecule has 6 heteroatoms. The third kappa shape index (κ3) is 5.51. The van der Waals surface area contributed by atoms with Gasteiger partial charge < -0.3 is 10.6 Å². The number of rotatable bonds is 5. The van der Waals surface area contributed by atoms with Crippen molar-refractivity contribution in [3.8, 4) is 10.6 Å². The van der Waals surface area contributed by atoms with Gasteiger partial charge in [0.2, 0.25) is 0 Å². The highest BCUT2D eigenvalue weighted by Crippen LogP contribution is 2.28. The van der Waals surface area contributed by atoms with Crippen molar-refractivity contribution in [2.45, 2.75) is 34.1 Å². The quantitative estimate of drug-likeness (QED) is 0.618. The number of benzene rings is 2. The van der Waals surface area contributed by atoms with Crippen molar-refractivity contribution in [2.75, 3.05) is 11.9 Å². The van der Waals surface area contributed by atoms with E-state index in [1.54, 1.807) is 11.3 Å². The second-order valence-electron chi connectivity index (χ2n) is 7.23. The molecule has 0 aliphatic carbocycles. The SMILES string of the molecule is Cc1ccc(-c2nc(C)c(CCNC(=O)C(=O)Nc3cc(C)cc(C)c3)s2)cc1. The Labute approximate surface area is 175 Å². The summed E-state index contributed by atoms with van der Waals surface area (Å²) >= 11 is 1.62. The summed E-state index contributed by atoms with van der Waals surface area (Å²) in [5.74, 6) is -1.29. The number of hydrogen-bond donors (Lipinski definition) is 2. The third-order valence-electron chi connectivity index (χ3n) is 4.51. The molecular formula is C23H25N3O2S. The topological polar surface area (TPSA) is 71.1 Å². The van der Waals surface area contributed by atoms with Crippen LogP contribution in [0.2, 0.25) is 0 Å². The first kappa shape index (κ1) is 20.7. The lowest BCUT2D eigenvalue weighted by Gasteiger charge is -2.08. The van der Waals surface area contributed by atoms with Gasteiger partial charge in [-0.2, -0.15) is 0 Å². The van der Waals surface area contributed by atoms with Crippen LogP contribution in [0.25, 0.3) is 10.6 Å². The smallest absolute Gasteiger partial charge is 0.313 e. The molecule has 0 radical (unpaired) electrons. The molecule has 0 fully saturated rings. The van der Waals surface area contributed by atoms with Crippen molar-refractivity contribution < 1.29 is 9.59 Å². The van der Waals surface area contributed by atoms with E-state index in [-0.39, 0.29) is 0 Å². The fourth-order valence-corrected chi connectivity index (χ4v) is 4.15. The van der Waals surface area contributed by atoms with Gasteiger partial charge >= 0.3 is 11.8 Å². The zero-order valence-corrected chi connectivity index (χ0v) is 17.9. The number of aryl methyl sites for hydroxylation is 4. The van der Waals surface area contributed by atoms with E-state index in [2.05, 4.69) is 46.8 Å². The van der Waals surface area contributed by atoms with E-state index in [0.29, 0.717) is 18.7 Å². The van der Waals surface area contributed by atoms with Crippen molar-refractivity contribution in [1.29, 1.82) is 0 Å². The monoisotopic (exact) mass is 407 g/mol. The van der Waals surface area contributed by atoms with Gasteiger partial charge in [0.25, 0.3) is 0 Å². The molecule has 0 aliphatic rings. The summed E-state index contributed by atoms with van der Waals surface area (Å²) in [6.07, 6.45) is 0.637. The summed E-state index contributed by atoms with van der Waals surface area (Å²) in [4.78, 5) is 30.0. The van der Waals surface area contributed by atoms with Crippen LogP contribution in [0.4, 0.5) is 5.69 Å². The van der Waals surface area contributed by atoms with E-state index in [4.69, 9.17) is 0 Å². The molecule has 2 N–H and O–H groups in total. The standard InChI is InChI=1S/C23H25N3O2S/c1-14-5-7-18(8-6-14)23-25-17(4)20(29-23)9-10-24-21(27)22(28)26-19-12-15(2)11-16(3)13-19/h5-8,11-13H,9-10H2,1-4H3,(H,24,27)(H,26,28). The second-order valence-corrected chi connectivity index (χ2v) is 8.31. The predicted molar refractivity (Wildman–Crippen MR) is 118 cm³/mol. The van der Waals surface area contributed by atoms with Crippen molar-refractivity contribution in [2.24, 2.45) is 0 Å². The third-order valence-corrected chi connectivity index (χ3v) is 5.78. The maximum atomic E-state index is 12.1. The van der Waals surface area contributed by atoms with Crippen LogP contribution in [0.1, 0.15) is 27.3 Å². The van der Waals surface area contributed by atoms with Crippen LogP contribution in [0.5, 0.6) is 0 Å². The number of anilines is 1. The summed E-state index contributed by atoms with van der Waals surface area (Å²) in [5.41, 5.74) is 5.95. The Morgan fingerprint density at radius 2 is 1.55 bits per heavy atom. The summed E-state index contributed by atoms with van der Waals surface area (Å²) in [7, 11) is 0. The molecule has 150 valence electrons. The molecule has 1 aromatic heterocycles. The zero-order chi connectivity index (χ0) is 21.0. The molecule has 0 aliphatic heterocycles. The van der Waals surface area contributed by atoms with Crippen LogP contribution >= 0.6 is 11.3 Å². The van der Waals surface area contributed by atoms with E-state index < -0.39 is 11.8 Å². The van der Waals surface area contributed by atoms with E-state index in [9.17, 15) is 9.59 Å². The van der Waals surface area contributed by atoms with Gasteiger partial charge in [-0.15, -0.1) is 11.3 Å². The highest BCUT2D eigenvalue weighted by atomic mass is 32.1. The number of thiazole rings is 1. The van der Waals surface area contributed by atoms with Crippen molar-refractivity contribution in [3.63, 3.8) is 0 Å². The molecule has 0 unspecified atom stereocenters. The van der Waals surface area contributed by atoms with E-state index in [1.165, 1.54) is 5.56 Å². The molecule has 2 amide bonds. The molecule has 3 rings (SSSR count). The number of amides is 2. The molecule has 2 aromatic carbocycles. The number of carbonyl (C=O) groups excluding carboxylic acids is 2.